The quantitative estimate of drug-likeness (QED) is 0.302. The Bertz CT molecular complexity index is 511. The second kappa shape index (κ2) is 15.4. The monoisotopic (exact) mass is 451 g/mol. The number of carbonyl (C=O) groups is 2. The molecule has 31 heavy (non-hydrogen) atoms. The van der Waals surface area contributed by atoms with Crippen molar-refractivity contribution in [3.63, 3.8) is 0 Å². The molecule has 10 nitrogen and oxygen atoms in total. The maximum atomic E-state index is 11.9. The van der Waals surface area contributed by atoms with Gasteiger partial charge in [-0.25, -0.2) is 9.59 Å². The molecule has 0 saturated heterocycles. The smallest absolute Gasteiger partial charge is 0.407 e. The molecule has 0 radical (unpaired) electrons. The number of carboxylic acids is 1. The van der Waals surface area contributed by atoms with Crippen molar-refractivity contribution in [1.29, 1.82) is 0 Å². The maximum Gasteiger partial charge on any atom is 0.407 e. The van der Waals surface area contributed by atoms with Crippen LogP contribution < -0.4 is 5.32 Å². The molecule has 184 valence electrons. The minimum atomic E-state index is -1.20. The van der Waals surface area contributed by atoms with Gasteiger partial charge in [0, 0.05) is 27.2 Å². The van der Waals surface area contributed by atoms with E-state index in [1.807, 2.05) is 34.6 Å². The molecule has 0 aromatic carbocycles. The molecule has 0 heterocycles. The number of ether oxygens (including phenoxy) is 6. The van der Waals surface area contributed by atoms with Gasteiger partial charge in [-0.15, -0.1) is 0 Å². The molecular weight excluding hydrogens is 410 g/mol. The van der Waals surface area contributed by atoms with Crippen LogP contribution in [0, 0.1) is 0 Å². The van der Waals surface area contributed by atoms with E-state index in [9.17, 15) is 14.7 Å². The maximum absolute atomic E-state index is 11.9. The lowest BCUT2D eigenvalue weighted by Gasteiger charge is -2.31. The van der Waals surface area contributed by atoms with Crippen molar-refractivity contribution < 1.29 is 43.1 Å². The van der Waals surface area contributed by atoms with Gasteiger partial charge in [0.1, 0.15) is 0 Å². The van der Waals surface area contributed by atoms with Crippen molar-refractivity contribution in [1.82, 2.24) is 5.32 Å². The minimum Gasteiger partial charge on any atom is -0.480 e. The first-order chi connectivity index (χ1) is 14.4. The van der Waals surface area contributed by atoms with Crippen molar-refractivity contribution in [2.45, 2.75) is 70.8 Å². The topological polar surface area (TPSA) is 122 Å². The Kier molecular flexibility index (Phi) is 14.6. The van der Waals surface area contributed by atoms with Gasteiger partial charge in [-0.3, -0.25) is 0 Å². The first-order valence-electron chi connectivity index (χ1n) is 10.5. The van der Waals surface area contributed by atoms with Gasteiger partial charge >= 0.3 is 12.1 Å². The van der Waals surface area contributed by atoms with Crippen LogP contribution in [-0.4, -0.2) is 94.4 Å². The molecular formula is C21H41NO9. The Morgan fingerprint density at radius 2 is 1.68 bits per heavy atom. The molecule has 1 amide bonds. The second-order valence-corrected chi connectivity index (χ2v) is 8.47. The van der Waals surface area contributed by atoms with E-state index in [4.69, 9.17) is 28.4 Å². The van der Waals surface area contributed by atoms with Crippen LogP contribution in [0.25, 0.3) is 0 Å². The van der Waals surface area contributed by atoms with Crippen LogP contribution in [0.15, 0.2) is 0 Å². The Balaban J connectivity index is 4.18. The van der Waals surface area contributed by atoms with Crippen LogP contribution in [0.4, 0.5) is 4.79 Å². The molecule has 0 aliphatic heterocycles. The number of carboxylic acid groups (broad SMARTS) is 1. The molecule has 0 aliphatic carbocycles. The highest BCUT2D eigenvalue weighted by molar-refractivity contribution is 5.79. The van der Waals surface area contributed by atoms with E-state index in [-0.39, 0.29) is 19.3 Å². The number of carbonyl (C=O) groups excluding carboxylic acids is 1. The summed E-state index contributed by atoms with van der Waals surface area (Å²) in [6, 6.07) is -1.20. The fourth-order valence-electron chi connectivity index (χ4n) is 2.11. The van der Waals surface area contributed by atoms with Crippen LogP contribution in [-0.2, 0) is 33.2 Å². The lowest BCUT2D eigenvalue weighted by Crippen LogP contribution is -2.44. The lowest BCUT2D eigenvalue weighted by atomic mass is 10.1. The van der Waals surface area contributed by atoms with Gasteiger partial charge in [0.15, 0.2) is 6.04 Å². The summed E-state index contributed by atoms with van der Waals surface area (Å²) in [7, 11) is 3.21. The minimum absolute atomic E-state index is 0.0450. The standard InChI is InChI=1S/C21H41NO9/c1-16(29-13-12-26-6)8-10-28-14-17(18(23)24)22-19(25)30-11-9-20(2,3)31-15-21(4,5)27-7/h16-17H,8-15H2,1-7H3,(H,22,25)(H,23,24)/t16?,17-/m0/s1. The van der Waals surface area contributed by atoms with Crippen LogP contribution in [0.1, 0.15) is 47.5 Å². The van der Waals surface area contributed by atoms with E-state index in [1.165, 1.54) is 0 Å². The molecule has 0 aromatic rings. The number of amides is 1. The molecule has 0 fully saturated rings. The summed E-state index contributed by atoms with van der Waals surface area (Å²) in [4.78, 5) is 23.3. The number of alkyl carbamates (subject to hydrolysis) is 1. The highest BCUT2D eigenvalue weighted by Crippen LogP contribution is 2.18. The fraction of sp³-hybridized carbons (Fsp3) is 0.905. The molecule has 0 bridgehead atoms. The Hall–Kier alpha value is -1.46. The van der Waals surface area contributed by atoms with Crippen LogP contribution in [0.5, 0.6) is 0 Å². The zero-order valence-corrected chi connectivity index (χ0v) is 20.0. The van der Waals surface area contributed by atoms with Gasteiger partial charge < -0.3 is 38.8 Å². The van der Waals surface area contributed by atoms with Crippen molar-refractivity contribution >= 4 is 12.1 Å². The molecule has 1 unspecified atom stereocenters. The summed E-state index contributed by atoms with van der Waals surface area (Å²) in [5, 5.41) is 11.6. The number of methoxy groups -OCH3 is 2. The van der Waals surface area contributed by atoms with E-state index >= 15 is 0 Å². The lowest BCUT2D eigenvalue weighted by molar-refractivity contribution is -0.141. The number of rotatable bonds is 18. The number of hydrogen-bond donors (Lipinski definition) is 2. The zero-order valence-electron chi connectivity index (χ0n) is 20.0. The largest absolute Gasteiger partial charge is 0.480 e. The van der Waals surface area contributed by atoms with E-state index in [0.717, 1.165) is 0 Å². The SMILES string of the molecule is COCCOC(C)CCOC[C@H](NC(=O)OCCC(C)(C)OCC(C)(C)OC)C(=O)O. The van der Waals surface area contributed by atoms with Crippen molar-refractivity contribution in [3.8, 4) is 0 Å². The third-order valence-corrected chi connectivity index (χ3v) is 4.53. The normalized spacial score (nSPS) is 14.2. The van der Waals surface area contributed by atoms with Crippen molar-refractivity contribution in [3.05, 3.63) is 0 Å². The van der Waals surface area contributed by atoms with Gasteiger partial charge in [-0.1, -0.05) is 0 Å². The summed E-state index contributed by atoms with van der Waals surface area (Å²) < 4.78 is 32.0. The van der Waals surface area contributed by atoms with Gasteiger partial charge in [0.05, 0.1) is 50.3 Å². The average molecular weight is 452 g/mol. The highest BCUT2D eigenvalue weighted by Gasteiger charge is 2.26. The molecule has 0 aliphatic rings. The van der Waals surface area contributed by atoms with Crippen molar-refractivity contribution in [2.75, 3.05) is 53.9 Å². The van der Waals surface area contributed by atoms with Crippen molar-refractivity contribution in [2.24, 2.45) is 0 Å². The van der Waals surface area contributed by atoms with Gasteiger partial charge in [-0.05, 0) is 41.0 Å². The van der Waals surface area contributed by atoms with Gasteiger partial charge in [0.2, 0.25) is 0 Å². The van der Waals surface area contributed by atoms with E-state index < -0.39 is 29.3 Å². The number of nitrogens with one attached hydrogen (secondary N) is 1. The van der Waals surface area contributed by atoms with E-state index in [0.29, 0.717) is 39.3 Å². The second-order valence-electron chi connectivity index (χ2n) is 8.47. The summed E-state index contributed by atoms with van der Waals surface area (Å²) in [5.74, 6) is -1.20. The molecule has 2 atom stereocenters. The molecule has 0 aromatic heterocycles. The Labute approximate surface area is 185 Å². The summed E-state index contributed by atoms with van der Waals surface area (Å²) in [6.07, 6.45) is 0.168. The molecule has 0 spiro atoms. The molecule has 0 saturated carbocycles. The Morgan fingerprint density at radius 1 is 1.00 bits per heavy atom. The first-order valence-corrected chi connectivity index (χ1v) is 10.5. The molecule has 10 heteroatoms. The number of aliphatic carboxylic acids is 1. The highest BCUT2D eigenvalue weighted by atomic mass is 16.6. The van der Waals surface area contributed by atoms with Crippen LogP contribution in [0.3, 0.4) is 0 Å². The predicted molar refractivity (Wildman–Crippen MR) is 114 cm³/mol. The summed E-state index contributed by atoms with van der Waals surface area (Å²) in [5.41, 5.74) is -0.953. The molecule has 0 rings (SSSR count). The first kappa shape index (κ1) is 29.5. The van der Waals surface area contributed by atoms with Crippen LogP contribution in [0.2, 0.25) is 0 Å². The predicted octanol–water partition coefficient (Wildman–Crippen LogP) is 2.23. The van der Waals surface area contributed by atoms with E-state index in [1.54, 1.807) is 14.2 Å². The summed E-state index contributed by atoms with van der Waals surface area (Å²) >= 11 is 0. The summed E-state index contributed by atoms with van der Waals surface area (Å²) in [6.45, 7) is 11.1. The Morgan fingerprint density at radius 3 is 2.26 bits per heavy atom. The average Bonchev–Trinajstić information content (AvgIpc) is 2.69. The van der Waals surface area contributed by atoms with Gasteiger partial charge in [0.25, 0.3) is 0 Å². The zero-order chi connectivity index (χ0) is 23.9. The third-order valence-electron chi connectivity index (χ3n) is 4.53. The fourth-order valence-corrected chi connectivity index (χ4v) is 2.11. The molecule has 2 N–H and O–H groups in total. The number of hydrogen-bond acceptors (Lipinski definition) is 8. The van der Waals surface area contributed by atoms with Gasteiger partial charge in [-0.2, -0.15) is 0 Å². The van der Waals surface area contributed by atoms with E-state index in [2.05, 4.69) is 5.32 Å². The third kappa shape index (κ3) is 15.9. The van der Waals surface area contributed by atoms with Crippen LogP contribution >= 0.6 is 0 Å².